The van der Waals surface area contributed by atoms with Crippen LogP contribution in [0.15, 0.2) is 40.6 Å². The summed E-state index contributed by atoms with van der Waals surface area (Å²) in [6, 6.07) is 9.32. The summed E-state index contributed by atoms with van der Waals surface area (Å²) < 4.78 is 16.9. The van der Waals surface area contributed by atoms with Gasteiger partial charge in [0.05, 0.1) is 33.0 Å². The van der Waals surface area contributed by atoms with Crippen LogP contribution in [-0.4, -0.2) is 81.5 Å². The predicted octanol–water partition coefficient (Wildman–Crippen LogP) is 2.32. The van der Waals surface area contributed by atoms with Crippen LogP contribution in [0.2, 0.25) is 0 Å². The summed E-state index contributed by atoms with van der Waals surface area (Å²) in [5.41, 5.74) is 8.69. The van der Waals surface area contributed by atoms with E-state index in [1.165, 1.54) is 0 Å². The fraction of sp³-hybridized carbons (Fsp3) is 0.500. The number of carbonyl (C=O) groups excluding carboxylic acids is 1. The molecule has 0 radical (unpaired) electrons. The number of rotatable bonds is 9. The smallest absolute Gasteiger partial charge is 0.248 e. The number of aryl methyl sites for hydroxylation is 1. The summed E-state index contributed by atoms with van der Waals surface area (Å²) in [6.07, 6.45) is 0. The Bertz CT molecular complexity index is 1000. The van der Waals surface area contributed by atoms with Gasteiger partial charge in [-0.3, -0.25) is 9.69 Å². The molecule has 182 valence electrons. The molecule has 2 aromatic rings. The van der Waals surface area contributed by atoms with E-state index in [-0.39, 0.29) is 0 Å². The second-order valence-corrected chi connectivity index (χ2v) is 8.39. The molecule has 10 heteroatoms. The third-order valence-electron chi connectivity index (χ3n) is 5.76. The van der Waals surface area contributed by atoms with E-state index in [2.05, 4.69) is 25.0 Å². The Balaban J connectivity index is 1.46. The van der Waals surface area contributed by atoms with Crippen molar-refractivity contribution in [2.45, 2.75) is 13.5 Å². The van der Waals surface area contributed by atoms with Gasteiger partial charge in [0.25, 0.3) is 0 Å². The Hall–Kier alpha value is -3.08. The number of primary amides is 1. The number of anilines is 1. The SMILES string of the molecule is Cc1cc(CN=Nc2cc(N3CCOCC3)cc(OCCN3CCOCC3)n2)cc(C(N)=O)c1. The topological polar surface area (TPSA) is 115 Å². The molecular weight excluding hydrogens is 436 g/mol. The van der Waals surface area contributed by atoms with E-state index in [1.807, 2.05) is 25.1 Å². The summed E-state index contributed by atoms with van der Waals surface area (Å²) >= 11 is 0. The fourth-order valence-corrected chi connectivity index (χ4v) is 4.00. The molecule has 0 unspecified atom stereocenters. The average Bonchev–Trinajstić information content (AvgIpc) is 2.85. The molecule has 4 rings (SSSR count). The highest BCUT2D eigenvalue weighted by atomic mass is 16.5. The number of aromatic nitrogens is 1. The van der Waals surface area contributed by atoms with E-state index < -0.39 is 5.91 Å². The molecule has 0 bridgehead atoms. The van der Waals surface area contributed by atoms with E-state index >= 15 is 0 Å². The monoisotopic (exact) mass is 468 g/mol. The van der Waals surface area contributed by atoms with Crippen molar-refractivity contribution in [2.24, 2.45) is 16.0 Å². The Morgan fingerprint density at radius 3 is 2.53 bits per heavy atom. The zero-order valence-electron chi connectivity index (χ0n) is 19.6. The van der Waals surface area contributed by atoms with Gasteiger partial charge in [0.1, 0.15) is 6.61 Å². The van der Waals surface area contributed by atoms with Crippen LogP contribution in [0.25, 0.3) is 0 Å². The molecule has 1 aromatic heterocycles. The van der Waals surface area contributed by atoms with Crippen LogP contribution in [0.5, 0.6) is 5.88 Å². The van der Waals surface area contributed by atoms with Gasteiger partial charge in [-0.1, -0.05) is 6.07 Å². The van der Waals surface area contributed by atoms with Crippen LogP contribution in [0.1, 0.15) is 21.5 Å². The summed E-state index contributed by atoms with van der Waals surface area (Å²) in [5, 5.41) is 8.68. The zero-order chi connectivity index (χ0) is 23.8. The highest BCUT2D eigenvalue weighted by Gasteiger charge is 2.15. The van der Waals surface area contributed by atoms with E-state index in [0.717, 1.165) is 62.8 Å². The highest BCUT2D eigenvalue weighted by molar-refractivity contribution is 5.93. The summed E-state index contributed by atoms with van der Waals surface area (Å²) in [4.78, 5) is 20.6. The first-order valence-electron chi connectivity index (χ1n) is 11.6. The van der Waals surface area contributed by atoms with Crippen LogP contribution in [0, 0.1) is 6.92 Å². The van der Waals surface area contributed by atoms with Crippen molar-refractivity contribution < 1.29 is 19.0 Å². The fourth-order valence-electron chi connectivity index (χ4n) is 4.00. The predicted molar refractivity (Wildman–Crippen MR) is 128 cm³/mol. The van der Waals surface area contributed by atoms with E-state index in [0.29, 0.717) is 43.6 Å². The number of ether oxygens (including phenoxy) is 3. The molecular formula is C24H32N6O4. The van der Waals surface area contributed by atoms with Crippen molar-refractivity contribution >= 4 is 17.4 Å². The number of morpholine rings is 2. The first-order chi connectivity index (χ1) is 16.6. The minimum absolute atomic E-state index is 0.318. The molecule has 2 aliphatic heterocycles. The number of benzene rings is 1. The molecule has 0 atom stereocenters. The van der Waals surface area contributed by atoms with Crippen molar-refractivity contribution in [3.8, 4) is 5.88 Å². The van der Waals surface area contributed by atoms with Crippen molar-refractivity contribution in [3.63, 3.8) is 0 Å². The normalized spacial score (nSPS) is 17.3. The summed E-state index contributed by atoms with van der Waals surface area (Å²) in [7, 11) is 0. The van der Waals surface area contributed by atoms with Gasteiger partial charge in [0, 0.05) is 56.1 Å². The number of hydrogen-bond acceptors (Lipinski definition) is 9. The quantitative estimate of drug-likeness (QED) is 0.562. The molecule has 1 amide bonds. The summed E-state index contributed by atoms with van der Waals surface area (Å²) in [6.45, 7) is 9.91. The molecule has 0 saturated carbocycles. The molecule has 34 heavy (non-hydrogen) atoms. The Kier molecular flexibility index (Phi) is 8.40. The minimum atomic E-state index is -0.458. The molecule has 0 aliphatic carbocycles. The number of amides is 1. The van der Waals surface area contributed by atoms with Crippen molar-refractivity contribution in [1.29, 1.82) is 0 Å². The number of carbonyl (C=O) groups is 1. The van der Waals surface area contributed by atoms with Crippen LogP contribution in [0.3, 0.4) is 0 Å². The lowest BCUT2D eigenvalue weighted by Gasteiger charge is -2.29. The molecule has 0 spiro atoms. The van der Waals surface area contributed by atoms with Gasteiger partial charge in [-0.15, -0.1) is 5.11 Å². The number of azo groups is 1. The molecule has 3 heterocycles. The largest absolute Gasteiger partial charge is 0.476 e. The number of nitrogens with zero attached hydrogens (tertiary/aromatic N) is 5. The van der Waals surface area contributed by atoms with Crippen LogP contribution < -0.4 is 15.4 Å². The van der Waals surface area contributed by atoms with E-state index in [4.69, 9.17) is 19.9 Å². The molecule has 2 fully saturated rings. The molecule has 2 aliphatic rings. The lowest BCUT2D eigenvalue weighted by atomic mass is 10.1. The lowest BCUT2D eigenvalue weighted by molar-refractivity contribution is 0.0320. The number of nitrogens with two attached hydrogens (primary N) is 1. The van der Waals surface area contributed by atoms with Crippen molar-refractivity contribution in [1.82, 2.24) is 9.88 Å². The number of pyridine rings is 1. The minimum Gasteiger partial charge on any atom is -0.476 e. The maximum absolute atomic E-state index is 11.5. The van der Waals surface area contributed by atoms with E-state index in [1.54, 1.807) is 12.1 Å². The highest BCUT2D eigenvalue weighted by Crippen LogP contribution is 2.26. The van der Waals surface area contributed by atoms with Crippen LogP contribution in [-0.2, 0) is 16.0 Å². The Morgan fingerprint density at radius 2 is 1.79 bits per heavy atom. The molecule has 10 nitrogen and oxygen atoms in total. The second kappa shape index (κ2) is 11.9. The lowest BCUT2D eigenvalue weighted by Crippen LogP contribution is -2.38. The van der Waals surface area contributed by atoms with Gasteiger partial charge in [-0.25, -0.2) is 0 Å². The Morgan fingerprint density at radius 1 is 1.06 bits per heavy atom. The zero-order valence-corrected chi connectivity index (χ0v) is 19.6. The first kappa shape index (κ1) is 24.1. The third kappa shape index (κ3) is 6.96. The van der Waals surface area contributed by atoms with E-state index in [9.17, 15) is 4.79 Å². The van der Waals surface area contributed by atoms with Gasteiger partial charge in [-0.2, -0.15) is 10.1 Å². The van der Waals surface area contributed by atoms with Crippen molar-refractivity contribution in [3.05, 3.63) is 47.0 Å². The maximum Gasteiger partial charge on any atom is 0.248 e. The average molecular weight is 469 g/mol. The third-order valence-corrected chi connectivity index (χ3v) is 5.76. The maximum atomic E-state index is 11.5. The van der Waals surface area contributed by atoms with Gasteiger partial charge < -0.3 is 24.8 Å². The van der Waals surface area contributed by atoms with Gasteiger partial charge >= 0.3 is 0 Å². The second-order valence-electron chi connectivity index (χ2n) is 8.39. The van der Waals surface area contributed by atoms with Crippen LogP contribution in [0.4, 0.5) is 11.5 Å². The number of hydrogen-bond donors (Lipinski definition) is 1. The molecule has 1 aromatic carbocycles. The molecule has 2 saturated heterocycles. The van der Waals surface area contributed by atoms with Gasteiger partial charge in [0.15, 0.2) is 5.82 Å². The first-order valence-corrected chi connectivity index (χ1v) is 11.6. The van der Waals surface area contributed by atoms with Gasteiger partial charge in [-0.05, 0) is 30.2 Å². The van der Waals surface area contributed by atoms with Crippen molar-refractivity contribution in [2.75, 3.05) is 70.7 Å². The standard InChI is InChI=1S/C24H32N6O4/c1-18-12-19(14-20(13-18)24(25)31)17-26-28-22-15-21(30-5-9-33-10-6-30)16-23(27-22)34-11-4-29-2-7-32-8-3-29/h12-16H,2-11,17H2,1H3,(H2,25,31). The molecule has 2 N–H and O–H groups in total. The Labute approximate surface area is 199 Å². The van der Waals surface area contributed by atoms with Gasteiger partial charge in [0.2, 0.25) is 11.8 Å². The van der Waals surface area contributed by atoms with Crippen LogP contribution >= 0.6 is 0 Å². The summed E-state index contributed by atoms with van der Waals surface area (Å²) in [5.74, 6) is 0.548.